The molecule has 2 aromatic heterocycles. The van der Waals surface area contributed by atoms with Crippen LogP contribution in [0.3, 0.4) is 0 Å². The van der Waals surface area contributed by atoms with Crippen LogP contribution < -0.4 is 23.2 Å². The average molecular weight is 342 g/mol. The Bertz CT molecular complexity index is 768. The molecule has 0 aliphatic heterocycles. The van der Waals surface area contributed by atoms with E-state index in [0.29, 0.717) is 0 Å². The molecule has 0 N–H and O–H groups in total. The molecule has 9 heteroatoms. The second-order valence-electron chi connectivity index (χ2n) is 4.38. The van der Waals surface area contributed by atoms with Gasteiger partial charge in [-0.15, -0.1) is 10.2 Å². The van der Waals surface area contributed by atoms with Crippen LogP contribution in [-0.2, 0) is 0 Å². The number of fused-ring (bicyclic) bond motifs is 1. The maximum absolute atomic E-state index is 8.49. The second kappa shape index (κ2) is 6.61. The number of hydrogen-bond acceptors (Lipinski definition) is 7. The molecule has 3 aromatic rings. The van der Waals surface area contributed by atoms with Crippen molar-refractivity contribution in [1.29, 1.82) is 0 Å². The van der Waals surface area contributed by atoms with Gasteiger partial charge in [-0.2, -0.15) is 0 Å². The third-order valence-corrected chi connectivity index (χ3v) is 3.56. The zero-order chi connectivity index (χ0) is 16.3. The van der Waals surface area contributed by atoms with E-state index in [1.54, 1.807) is 11.3 Å². The van der Waals surface area contributed by atoms with Gasteiger partial charge in [0, 0.05) is 25.5 Å². The zero-order valence-corrected chi connectivity index (χ0v) is 13.3. The lowest BCUT2D eigenvalue weighted by Crippen LogP contribution is -2.68. The minimum atomic E-state index is -4.94. The minimum Gasteiger partial charge on any atom is -0.222 e. The Balaban J connectivity index is 0.000000309. The first-order valence-electron chi connectivity index (χ1n) is 6.08. The molecule has 7 nitrogen and oxygen atoms in total. The molecule has 0 atom stereocenters. The fourth-order valence-electron chi connectivity index (χ4n) is 1.83. The third kappa shape index (κ3) is 4.67. The van der Waals surface area contributed by atoms with Gasteiger partial charge >= 0.3 is 4.96 Å². The highest BCUT2D eigenvalue weighted by Gasteiger charge is 2.16. The number of rotatable bonds is 1. The topological polar surface area (TPSA) is 122 Å². The highest BCUT2D eigenvalue weighted by atomic mass is 35.7. The van der Waals surface area contributed by atoms with Crippen molar-refractivity contribution in [2.24, 2.45) is 0 Å². The molecule has 0 spiro atoms. The molecule has 0 radical (unpaired) electrons. The molecule has 0 bridgehead atoms. The van der Waals surface area contributed by atoms with Gasteiger partial charge in [-0.05, 0) is 16.3 Å². The van der Waals surface area contributed by atoms with E-state index in [0.717, 1.165) is 26.9 Å². The molecule has 116 valence electrons. The van der Waals surface area contributed by atoms with Gasteiger partial charge in [-0.3, -0.25) is 0 Å². The first-order valence-corrected chi connectivity index (χ1v) is 8.13. The summed E-state index contributed by atoms with van der Waals surface area (Å²) >= 11 is 1.62. The lowest BCUT2D eigenvalue weighted by atomic mass is 10.2. The Morgan fingerprint density at radius 3 is 2.23 bits per heavy atom. The summed E-state index contributed by atoms with van der Waals surface area (Å²) in [4.78, 5) is 5.45. The standard InChI is InChI=1S/C13H12N3S.ClHO4/c1-9-8-10(2)16-13(14-9)17-12(15-16)11-6-4-3-5-7-11;2-1(3,4)5/h3-8H,1-2H3;(H,2,3,4,5)/q+1;/p-1. The van der Waals surface area contributed by atoms with E-state index < -0.39 is 10.2 Å². The number of halogens is 1. The molecule has 2 heterocycles. The van der Waals surface area contributed by atoms with Gasteiger partial charge in [0.25, 0.3) is 0 Å². The predicted molar refractivity (Wildman–Crippen MR) is 68.0 cm³/mol. The normalized spacial score (nSPS) is 11.2. The highest BCUT2D eigenvalue weighted by molar-refractivity contribution is 7.19. The average Bonchev–Trinajstić information content (AvgIpc) is 2.82. The lowest BCUT2D eigenvalue weighted by molar-refractivity contribution is -2.00. The summed E-state index contributed by atoms with van der Waals surface area (Å²) in [5.41, 5.74) is 3.29. The third-order valence-electron chi connectivity index (χ3n) is 2.60. The molecule has 22 heavy (non-hydrogen) atoms. The number of benzene rings is 1. The maximum Gasteiger partial charge on any atom is 0.410 e. The van der Waals surface area contributed by atoms with E-state index in [4.69, 9.17) is 18.6 Å². The Morgan fingerprint density at radius 2 is 1.64 bits per heavy atom. The van der Waals surface area contributed by atoms with Gasteiger partial charge in [0.1, 0.15) is 5.69 Å². The van der Waals surface area contributed by atoms with Crippen LogP contribution >= 0.6 is 11.3 Å². The zero-order valence-electron chi connectivity index (χ0n) is 11.7. The van der Waals surface area contributed by atoms with Crippen molar-refractivity contribution in [3.8, 4) is 10.6 Å². The van der Waals surface area contributed by atoms with Crippen LogP contribution in [0.2, 0.25) is 0 Å². The largest absolute Gasteiger partial charge is 0.410 e. The second-order valence-corrected chi connectivity index (χ2v) is 6.10. The summed E-state index contributed by atoms with van der Waals surface area (Å²) in [6, 6.07) is 12.2. The van der Waals surface area contributed by atoms with Gasteiger partial charge < -0.3 is 0 Å². The molecule has 0 aliphatic carbocycles. The van der Waals surface area contributed by atoms with Crippen molar-refractivity contribution in [3.63, 3.8) is 0 Å². The van der Waals surface area contributed by atoms with Crippen molar-refractivity contribution in [3.05, 3.63) is 47.8 Å². The van der Waals surface area contributed by atoms with Crippen LogP contribution in [0.15, 0.2) is 36.4 Å². The van der Waals surface area contributed by atoms with Gasteiger partial charge in [-0.25, -0.2) is 18.6 Å². The van der Waals surface area contributed by atoms with Crippen LogP contribution in [0.4, 0.5) is 0 Å². The highest BCUT2D eigenvalue weighted by Crippen LogP contribution is 2.22. The molecule has 0 saturated carbocycles. The molecular formula is C13H12ClN3O4S. The van der Waals surface area contributed by atoms with Crippen molar-refractivity contribution in [2.75, 3.05) is 0 Å². The van der Waals surface area contributed by atoms with Crippen molar-refractivity contribution in [2.45, 2.75) is 13.8 Å². The summed E-state index contributed by atoms with van der Waals surface area (Å²) in [5, 5.41) is 5.60. The Hall–Kier alpha value is -1.68. The van der Waals surface area contributed by atoms with Gasteiger partial charge in [0.15, 0.2) is 10.7 Å². The van der Waals surface area contributed by atoms with Gasteiger partial charge in [0.05, 0.1) is 0 Å². The number of aryl methyl sites for hydroxylation is 2. The summed E-state index contributed by atoms with van der Waals surface area (Å²) in [6.45, 7) is 4.06. The molecule has 1 aromatic carbocycles. The van der Waals surface area contributed by atoms with E-state index in [1.165, 1.54) is 0 Å². The quantitative estimate of drug-likeness (QED) is 0.463. The SMILES string of the molecule is Cc1cc(C)[n+]2nc(-c3ccccc3)sc2n1.[O-][Cl+3]([O-])([O-])[O-]. The number of nitrogens with zero attached hydrogens (tertiary/aromatic N) is 3. The number of aromatic nitrogens is 3. The minimum absolute atomic E-state index is 0.946. The predicted octanol–water partition coefficient (Wildman–Crippen LogP) is -2.20. The number of hydrogen-bond donors (Lipinski definition) is 0. The fourth-order valence-corrected chi connectivity index (χ4v) is 2.84. The van der Waals surface area contributed by atoms with E-state index in [-0.39, 0.29) is 0 Å². The first kappa shape index (κ1) is 16.7. The Kier molecular flexibility index (Phi) is 5.01. The molecule has 0 fully saturated rings. The first-order chi connectivity index (χ1) is 10.2. The van der Waals surface area contributed by atoms with Gasteiger partial charge in [-0.1, -0.05) is 39.9 Å². The van der Waals surface area contributed by atoms with Crippen molar-refractivity contribution >= 4 is 16.3 Å². The van der Waals surface area contributed by atoms with Crippen LogP contribution in [0.1, 0.15) is 11.4 Å². The van der Waals surface area contributed by atoms with Crippen LogP contribution in [0.5, 0.6) is 0 Å². The van der Waals surface area contributed by atoms with Crippen molar-refractivity contribution in [1.82, 2.24) is 10.1 Å². The molecule has 0 amide bonds. The smallest absolute Gasteiger partial charge is 0.222 e. The van der Waals surface area contributed by atoms with E-state index in [1.807, 2.05) is 35.7 Å². The Labute approximate surface area is 132 Å². The molecule has 0 saturated heterocycles. The van der Waals surface area contributed by atoms with E-state index in [2.05, 4.69) is 29.1 Å². The molecule has 0 aliphatic rings. The van der Waals surface area contributed by atoms with E-state index >= 15 is 0 Å². The lowest BCUT2D eigenvalue weighted by Gasteiger charge is -2.17. The summed E-state index contributed by atoms with van der Waals surface area (Å²) < 4.78 is 35.9. The van der Waals surface area contributed by atoms with Crippen LogP contribution in [0.25, 0.3) is 15.5 Å². The van der Waals surface area contributed by atoms with E-state index in [9.17, 15) is 0 Å². The van der Waals surface area contributed by atoms with Gasteiger partial charge in [0.2, 0.25) is 0 Å². The monoisotopic (exact) mass is 341 g/mol. The summed E-state index contributed by atoms with van der Waals surface area (Å²) in [6.07, 6.45) is 0. The van der Waals surface area contributed by atoms with Crippen molar-refractivity contribution < 1.29 is 33.4 Å². The maximum atomic E-state index is 8.49. The summed E-state index contributed by atoms with van der Waals surface area (Å²) in [5.74, 6) is 0. The molecular weight excluding hydrogens is 330 g/mol. The molecule has 3 rings (SSSR count). The fraction of sp³-hybridized carbons (Fsp3) is 0.154. The van der Waals surface area contributed by atoms with Crippen LogP contribution in [-0.4, -0.2) is 10.1 Å². The molecule has 0 unspecified atom stereocenters. The van der Waals surface area contributed by atoms with Crippen LogP contribution in [0, 0.1) is 24.1 Å². The summed E-state index contributed by atoms with van der Waals surface area (Å²) in [7, 11) is -4.94. The Morgan fingerprint density at radius 1 is 1.05 bits per heavy atom.